The van der Waals surface area contributed by atoms with Crippen LogP contribution in [-0.2, 0) is 4.74 Å². The summed E-state index contributed by atoms with van der Waals surface area (Å²) < 4.78 is 20.2. The lowest BCUT2D eigenvalue weighted by Gasteiger charge is -2.34. The van der Waals surface area contributed by atoms with Crippen molar-refractivity contribution in [2.24, 2.45) is 0 Å². The van der Waals surface area contributed by atoms with Gasteiger partial charge in [-0.1, -0.05) is 29.3 Å². The molecule has 1 aromatic carbocycles. The van der Waals surface area contributed by atoms with Crippen molar-refractivity contribution in [1.82, 2.24) is 15.1 Å². The van der Waals surface area contributed by atoms with E-state index in [0.29, 0.717) is 28.6 Å². The maximum atomic E-state index is 14.0. The van der Waals surface area contributed by atoms with Gasteiger partial charge in [0.15, 0.2) is 0 Å². The number of benzene rings is 1. The van der Waals surface area contributed by atoms with Crippen molar-refractivity contribution < 1.29 is 13.9 Å². The van der Waals surface area contributed by atoms with Gasteiger partial charge in [0.2, 0.25) is 0 Å². The van der Waals surface area contributed by atoms with Crippen molar-refractivity contribution in [3.8, 4) is 0 Å². The molecule has 5 nitrogen and oxygen atoms in total. The van der Waals surface area contributed by atoms with Crippen LogP contribution in [0.5, 0.6) is 0 Å². The summed E-state index contributed by atoms with van der Waals surface area (Å²) in [5, 5.41) is 3.57. The first kappa shape index (κ1) is 22.7. The van der Waals surface area contributed by atoms with Crippen molar-refractivity contribution in [3.63, 3.8) is 0 Å². The van der Waals surface area contributed by atoms with E-state index in [0.717, 1.165) is 25.1 Å². The van der Waals surface area contributed by atoms with E-state index in [2.05, 4.69) is 11.4 Å². The van der Waals surface area contributed by atoms with Crippen LogP contribution < -0.4 is 5.32 Å². The molecule has 0 aliphatic carbocycles. The summed E-state index contributed by atoms with van der Waals surface area (Å²) in [5.74, 6) is -0.0175. The first-order chi connectivity index (χ1) is 14.2. The number of ether oxygens (including phenoxy) is 1. The van der Waals surface area contributed by atoms with Crippen molar-refractivity contribution in [2.75, 3.05) is 33.7 Å². The van der Waals surface area contributed by atoms with Crippen LogP contribution in [0.25, 0.3) is 0 Å². The predicted octanol–water partition coefficient (Wildman–Crippen LogP) is 5.28. The van der Waals surface area contributed by atoms with E-state index in [9.17, 15) is 9.18 Å². The number of urea groups is 1. The molecule has 0 bridgehead atoms. The number of allylic oxidation sites excluding steroid dienone is 2. The molecule has 2 aliphatic heterocycles. The Bertz CT molecular complexity index is 941. The first-order valence-electron chi connectivity index (χ1n) is 9.81. The Balaban J connectivity index is 1.99. The van der Waals surface area contributed by atoms with Gasteiger partial charge in [0.25, 0.3) is 0 Å². The molecular weight excluding hydrogens is 428 g/mol. The number of nitrogens with zero attached hydrogens (tertiary/aromatic N) is 2. The Labute approximate surface area is 186 Å². The Morgan fingerprint density at radius 2 is 2.03 bits per heavy atom. The molecule has 1 N–H and O–H groups in total. The van der Waals surface area contributed by atoms with Gasteiger partial charge >= 0.3 is 6.03 Å². The molecule has 0 aromatic heterocycles. The second-order valence-electron chi connectivity index (χ2n) is 7.58. The van der Waals surface area contributed by atoms with Crippen molar-refractivity contribution in [2.45, 2.75) is 26.4 Å². The van der Waals surface area contributed by atoms with Crippen molar-refractivity contribution >= 4 is 29.2 Å². The van der Waals surface area contributed by atoms with E-state index in [1.165, 1.54) is 22.6 Å². The highest BCUT2D eigenvalue weighted by Gasteiger charge is 2.29. The molecule has 2 heterocycles. The Morgan fingerprint density at radius 3 is 2.67 bits per heavy atom. The largest absolute Gasteiger partial charge is 0.484 e. The fraction of sp³-hybridized carbons (Fsp3) is 0.409. The average molecular weight is 454 g/mol. The highest BCUT2D eigenvalue weighted by molar-refractivity contribution is 6.36. The molecule has 0 spiro atoms. The highest BCUT2D eigenvalue weighted by Crippen LogP contribution is 2.37. The molecule has 30 heavy (non-hydrogen) atoms. The number of carbonyl (C=O) groups is 1. The standard InChI is InChI=1S/C22H26Cl2FN3O2/c1-13-19(30-14(2)20-17(23)5-6-18(25)21(20)24)11-16(15-7-9-26-10-8-15)12-28(13)22(29)27(3)4/h5-7,11,14,26H,8-10,12H2,1-4H3. The van der Waals surface area contributed by atoms with Gasteiger partial charge in [-0.05, 0) is 56.2 Å². The first-order valence-corrected chi connectivity index (χ1v) is 10.6. The van der Waals surface area contributed by atoms with Gasteiger partial charge in [-0.2, -0.15) is 0 Å². The van der Waals surface area contributed by atoms with E-state index in [4.69, 9.17) is 27.9 Å². The zero-order chi connectivity index (χ0) is 22.0. The number of hydrogen-bond acceptors (Lipinski definition) is 3. The zero-order valence-corrected chi connectivity index (χ0v) is 19.1. The van der Waals surface area contributed by atoms with E-state index in [1.807, 2.05) is 13.0 Å². The van der Waals surface area contributed by atoms with Crippen LogP contribution in [-0.4, -0.2) is 49.6 Å². The third kappa shape index (κ3) is 4.66. The number of amides is 2. The number of carbonyl (C=O) groups excluding carboxylic acids is 1. The SMILES string of the molecule is CC1=C(OC(C)c2c(Cl)ccc(F)c2Cl)C=C(C2=CCNCC2)CN1C(=O)N(C)C. The van der Waals surface area contributed by atoms with Gasteiger partial charge in [-0.25, -0.2) is 9.18 Å². The molecular formula is C22H26Cl2FN3O2. The Hall–Kier alpha value is -2.02. The summed E-state index contributed by atoms with van der Waals surface area (Å²) in [7, 11) is 3.43. The number of hydrogen-bond donors (Lipinski definition) is 1. The molecule has 0 saturated heterocycles. The lowest BCUT2D eigenvalue weighted by Crippen LogP contribution is -2.41. The van der Waals surface area contributed by atoms with Gasteiger partial charge in [-0.3, -0.25) is 4.90 Å². The fourth-order valence-electron chi connectivity index (χ4n) is 3.58. The monoisotopic (exact) mass is 453 g/mol. The van der Waals surface area contributed by atoms with E-state index >= 15 is 0 Å². The third-order valence-electron chi connectivity index (χ3n) is 5.27. The molecule has 3 rings (SSSR count). The Kier molecular flexibility index (Phi) is 7.11. The summed E-state index contributed by atoms with van der Waals surface area (Å²) in [6.07, 6.45) is 4.36. The minimum absolute atomic E-state index is 0.0597. The number of halogens is 3. The van der Waals surface area contributed by atoms with Crippen LogP contribution in [0.3, 0.4) is 0 Å². The molecule has 1 unspecified atom stereocenters. The summed E-state index contributed by atoms with van der Waals surface area (Å²) >= 11 is 12.4. The number of nitrogens with one attached hydrogen (secondary N) is 1. The van der Waals surface area contributed by atoms with Crippen LogP contribution in [0.2, 0.25) is 10.0 Å². The van der Waals surface area contributed by atoms with Gasteiger partial charge in [0.1, 0.15) is 17.7 Å². The molecule has 1 atom stereocenters. The maximum absolute atomic E-state index is 14.0. The molecule has 162 valence electrons. The van der Waals surface area contributed by atoms with Crippen LogP contribution in [0, 0.1) is 5.82 Å². The van der Waals surface area contributed by atoms with Crippen LogP contribution >= 0.6 is 23.2 Å². The van der Waals surface area contributed by atoms with E-state index in [-0.39, 0.29) is 11.1 Å². The molecule has 0 fully saturated rings. The van der Waals surface area contributed by atoms with Crippen LogP contribution in [0.4, 0.5) is 9.18 Å². The summed E-state index contributed by atoms with van der Waals surface area (Å²) in [6, 6.07) is 2.55. The minimum Gasteiger partial charge on any atom is -0.484 e. The topological polar surface area (TPSA) is 44.8 Å². The lowest BCUT2D eigenvalue weighted by atomic mass is 9.96. The predicted molar refractivity (Wildman–Crippen MR) is 118 cm³/mol. The second-order valence-corrected chi connectivity index (χ2v) is 8.37. The summed E-state index contributed by atoms with van der Waals surface area (Å²) in [4.78, 5) is 16.0. The van der Waals surface area contributed by atoms with E-state index in [1.54, 1.807) is 25.9 Å². The third-order valence-corrected chi connectivity index (χ3v) is 5.99. The highest BCUT2D eigenvalue weighted by atomic mass is 35.5. The second kappa shape index (κ2) is 9.41. The minimum atomic E-state index is -0.612. The van der Waals surface area contributed by atoms with Gasteiger partial charge in [-0.15, -0.1) is 0 Å². The van der Waals surface area contributed by atoms with Gasteiger partial charge in [0.05, 0.1) is 17.3 Å². The van der Waals surface area contributed by atoms with Crippen LogP contribution in [0.15, 0.2) is 46.9 Å². The molecule has 1 aromatic rings. The van der Waals surface area contributed by atoms with Crippen molar-refractivity contribution in [3.05, 3.63) is 68.3 Å². The Morgan fingerprint density at radius 1 is 1.30 bits per heavy atom. The molecule has 8 heteroatoms. The molecule has 2 amide bonds. The molecule has 0 radical (unpaired) electrons. The molecule has 2 aliphatic rings. The normalized spacial score (nSPS) is 18.0. The number of rotatable bonds is 4. The van der Waals surface area contributed by atoms with Gasteiger partial charge in [0, 0.05) is 31.2 Å². The maximum Gasteiger partial charge on any atom is 0.324 e. The lowest BCUT2D eigenvalue weighted by molar-refractivity contribution is 0.128. The summed E-state index contributed by atoms with van der Waals surface area (Å²) in [6.45, 7) is 5.74. The summed E-state index contributed by atoms with van der Waals surface area (Å²) in [5.41, 5.74) is 3.28. The van der Waals surface area contributed by atoms with Crippen LogP contribution in [0.1, 0.15) is 31.9 Å². The smallest absolute Gasteiger partial charge is 0.324 e. The van der Waals surface area contributed by atoms with Crippen molar-refractivity contribution in [1.29, 1.82) is 0 Å². The van der Waals surface area contributed by atoms with E-state index < -0.39 is 11.9 Å². The average Bonchev–Trinajstić information content (AvgIpc) is 2.72. The van der Waals surface area contributed by atoms with Gasteiger partial charge < -0.3 is 15.0 Å². The fourth-order valence-corrected chi connectivity index (χ4v) is 4.25. The zero-order valence-electron chi connectivity index (χ0n) is 17.6. The quantitative estimate of drug-likeness (QED) is 0.630. The molecule has 0 saturated carbocycles.